The number of nitrogens with one attached hydrogen (secondary N) is 1. The topological polar surface area (TPSA) is 108 Å². The second-order valence-electron chi connectivity index (χ2n) is 18.6. The fraction of sp³-hybridized carbons (Fsp3) is 0.458. The number of phenols is 2. The fourth-order valence-corrected chi connectivity index (χ4v) is 9.55. The van der Waals surface area contributed by atoms with Gasteiger partial charge < -0.3 is 20.9 Å². The number of anilines is 1. The van der Waals surface area contributed by atoms with Crippen molar-refractivity contribution < 1.29 is 10.2 Å². The quantitative estimate of drug-likeness (QED) is 0.0406. The van der Waals surface area contributed by atoms with Gasteiger partial charge in [-0.3, -0.25) is 0 Å². The lowest BCUT2D eigenvalue weighted by Gasteiger charge is -2.08. The maximum atomic E-state index is 10.7. The molecule has 4 aromatic rings. The summed E-state index contributed by atoms with van der Waals surface area (Å²) in [5, 5.41) is 21.4. The minimum atomic E-state index is 0.194. The third kappa shape index (κ3) is 14.8. The second kappa shape index (κ2) is 26.6. The maximum Gasteiger partial charge on any atom is 0.116 e. The van der Waals surface area contributed by atoms with Gasteiger partial charge in [-0.05, 0) is 116 Å². The van der Waals surface area contributed by atoms with Crippen LogP contribution in [0.2, 0.25) is 0 Å². The Kier molecular flexibility index (Phi) is 20.1. The van der Waals surface area contributed by atoms with Gasteiger partial charge >= 0.3 is 0 Å². The van der Waals surface area contributed by atoms with Crippen molar-refractivity contribution in [2.45, 2.75) is 175 Å². The molecule has 5 N–H and O–H groups in total. The molecule has 0 radical (unpaired) electrons. The summed E-state index contributed by atoms with van der Waals surface area (Å²) in [6.07, 6.45) is 38.8. The molecule has 0 amide bonds. The molecule has 0 fully saturated rings. The highest BCUT2D eigenvalue weighted by molar-refractivity contribution is 5.93. The summed E-state index contributed by atoms with van der Waals surface area (Å²) in [6, 6.07) is 23.2. The number of H-pyrrole nitrogens is 1. The smallest absolute Gasteiger partial charge is 0.116 e. The highest BCUT2D eigenvalue weighted by Gasteiger charge is 2.17. The van der Waals surface area contributed by atoms with Crippen molar-refractivity contribution in [1.82, 2.24) is 15.0 Å². The number of benzene rings is 2. The van der Waals surface area contributed by atoms with Gasteiger partial charge in [-0.15, -0.1) is 0 Å². The van der Waals surface area contributed by atoms with Crippen LogP contribution in [0.1, 0.15) is 195 Å². The van der Waals surface area contributed by atoms with E-state index in [2.05, 4.69) is 68.3 Å². The van der Waals surface area contributed by atoms with Crippen molar-refractivity contribution in [2.24, 2.45) is 0 Å². The predicted molar refractivity (Wildman–Crippen MR) is 279 cm³/mol. The van der Waals surface area contributed by atoms with Gasteiger partial charge in [0.1, 0.15) is 11.5 Å². The minimum absolute atomic E-state index is 0.194. The number of nitrogens with two attached hydrogens (primary N) is 1. The minimum Gasteiger partial charge on any atom is -0.508 e. The van der Waals surface area contributed by atoms with Crippen LogP contribution in [0.25, 0.3) is 57.6 Å². The fourth-order valence-electron chi connectivity index (χ4n) is 9.55. The van der Waals surface area contributed by atoms with Gasteiger partial charge in [0.05, 0.1) is 22.8 Å². The number of nitrogens with zero attached hydrogens (tertiary/aromatic N) is 2. The Morgan fingerprint density at radius 3 is 1.38 bits per heavy atom. The lowest BCUT2D eigenvalue weighted by molar-refractivity contribution is 0.475. The van der Waals surface area contributed by atoms with Crippen LogP contribution >= 0.6 is 0 Å². The molecule has 0 unspecified atom stereocenters. The molecular weight excluding hydrogens is 797 g/mol. The number of aromatic amines is 1. The number of aromatic nitrogens is 3. The van der Waals surface area contributed by atoms with Crippen LogP contribution in [-0.2, 0) is 12.8 Å². The number of aromatic hydroxyl groups is 2. The normalized spacial score (nSPS) is 11.9. The number of phenolic OH excluding ortho intramolecular Hbond substituents is 2. The predicted octanol–water partition coefficient (Wildman–Crippen LogP) is 17.1. The van der Waals surface area contributed by atoms with Gasteiger partial charge in [-0.25, -0.2) is 9.97 Å². The molecule has 2 aromatic heterocycles. The molecule has 65 heavy (non-hydrogen) atoms. The SMILES string of the molecule is CCCCCCCCCCCCCc1c(N)ccc(C)c(-c2cccc(O)c2)c2nc(c(-c3cccc(O)c3)c3ccc([nH]3)c(CCCCCCCCCCCCC)c3nc1C=C3)C=C2. The lowest BCUT2D eigenvalue weighted by atomic mass is 9.99. The Balaban J connectivity index is 1.41. The van der Waals surface area contributed by atoms with Crippen LogP contribution in [0.15, 0.2) is 72.8 Å². The van der Waals surface area contributed by atoms with Crippen LogP contribution < -0.4 is 5.73 Å². The Hall–Kier alpha value is -5.36. The first kappa shape index (κ1) is 49.1. The first-order valence-corrected chi connectivity index (χ1v) is 25.5. The standard InChI is InChI=1S/C59H78N4O2/c1-4-6-8-10-12-14-16-18-20-22-24-32-49-51(60)35-34-44(3)58(45-28-26-30-47(64)42-45)55-40-41-57(63-55)59(46-29-27-31-48(65)43-46)56-39-38-54(62-56)50(53-37-36-52(49)61-53)33-25-23-21-19-17-15-13-11-9-7-5-2/h26-31,34-43,62,64-65H,4-25,32-33,60H2,1-3H3. The van der Waals surface area contributed by atoms with Crippen molar-refractivity contribution in [1.29, 1.82) is 0 Å². The summed E-state index contributed by atoms with van der Waals surface area (Å²) >= 11 is 0. The third-order valence-corrected chi connectivity index (χ3v) is 13.3. The third-order valence-electron chi connectivity index (χ3n) is 13.3. The first-order chi connectivity index (χ1) is 31.9. The van der Waals surface area contributed by atoms with Gasteiger partial charge in [0.2, 0.25) is 0 Å². The summed E-state index contributed by atoms with van der Waals surface area (Å²) in [5.41, 5.74) is 20.2. The number of rotatable bonds is 26. The Morgan fingerprint density at radius 2 is 0.862 bits per heavy atom. The van der Waals surface area contributed by atoms with E-state index in [1.165, 1.54) is 134 Å². The van der Waals surface area contributed by atoms with Crippen molar-refractivity contribution in [3.05, 3.63) is 112 Å². The zero-order valence-electron chi connectivity index (χ0n) is 40.1. The Labute approximate surface area is 391 Å². The van der Waals surface area contributed by atoms with E-state index in [0.717, 1.165) is 98.6 Å². The number of unbranched alkanes of at least 4 members (excludes halogenated alkanes) is 20. The van der Waals surface area contributed by atoms with E-state index in [4.69, 9.17) is 15.7 Å². The van der Waals surface area contributed by atoms with Gasteiger partial charge in [-0.1, -0.05) is 173 Å². The molecule has 0 aliphatic carbocycles. The van der Waals surface area contributed by atoms with Gasteiger partial charge in [-0.2, -0.15) is 0 Å². The van der Waals surface area contributed by atoms with E-state index in [1.807, 2.05) is 30.3 Å². The number of hydrogen-bond donors (Lipinski definition) is 4. The molecule has 2 aliphatic heterocycles. The summed E-state index contributed by atoms with van der Waals surface area (Å²) in [5.74, 6) is 0.393. The zero-order valence-corrected chi connectivity index (χ0v) is 40.1. The molecule has 0 spiro atoms. The van der Waals surface area contributed by atoms with E-state index < -0.39 is 0 Å². The molecule has 4 heterocycles. The van der Waals surface area contributed by atoms with Crippen molar-refractivity contribution in [2.75, 3.05) is 5.73 Å². The Morgan fingerprint density at radius 1 is 0.446 bits per heavy atom. The summed E-state index contributed by atoms with van der Waals surface area (Å²) < 4.78 is 0. The van der Waals surface area contributed by atoms with Gasteiger partial charge in [0, 0.05) is 39.0 Å². The molecule has 346 valence electrons. The average molecular weight is 875 g/mol. The van der Waals surface area contributed by atoms with E-state index in [-0.39, 0.29) is 11.5 Å². The molecule has 6 bridgehead atoms. The van der Waals surface area contributed by atoms with Gasteiger partial charge in [0.15, 0.2) is 0 Å². The van der Waals surface area contributed by atoms with Crippen LogP contribution in [0, 0.1) is 6.92 Å². The molecule has 6 rings (SSSR count). The van der Waals surface area contributed by atoms with Crippen molar-refractivity contribution in [3.63, 3.8) is 0 Å². The molecule has 0 saturated carbocycles. The highest BCUT2D eigenvalue weighted by atomic mass is 16.3. The summed E-state index contributed by atoms with van der Waals surface area (Å²) in [6.45, 7) is 6.65. The lowest BCUT2D eigenvalue weighted by Crippen LogP contribution is -1.98. The second-order valence-corrected chi connectivity index (χ2v) is 18.6. The Bertz CT molecular complexity index is 2390. The summed E-state index contributed by atoms with van der Waals surface area (Å²) in [4.78, 5) is 14.6. The van der Waals surface area contributed by atoms with E-state index in [1.54, 1.807) is 24.3 Å². The zero-order chi connectivity index (χ0) is 45.6. The van der Waals surface area contributed by atoms with Crippen LogP contribution in [-0.4, -0.2) is 25.2 Å². The summed E-state index contributed by atoms with van der Waals surface area (Å²) in [7, 11) is 0. The van der Waals surface area contributed by atoms with E-state index >= 15 is 0 Å². The number of aryl methyl sites for hydroxylation is 2. The van der Waals surface area contributed by atoms with E-state index in [0.29, 0.717) is 0 Å². The molecule has 0 atom stereocenters. The van der Waals surface area contributed by atoms with Crippen molar-refractivity contribution in [3.8, 4) is 33.8 Å². The first-order valence-electron chi connectivity index (χ1n) is 25.5. The van der Waals surface area contributed by atoms with Crippen LogP contribution in [0.3, 0.4) is 0 Å². The number of fused-ring (bicyclic) bond motifs is 6. The molecule has 0 saturated heterocycles. The van der Waals surface area contributed by atoms with Crippen LogP contribution in [0.4, 0.5) is 5.69 Å². The largest absolute Gasteiger partial charge is 0.508 e. The highest BCUT2D eigenvalue weighted by Crippen LogP contribution is 2.36. The van der Waals surface area contributed by atoms with Crippen LogP contribution in [0.5, 0.6) is 11.5 Å². The molecule has 2 aromatic carbocycles. The number of hydrogen-bond acceptors (Lipinski definition) is 5. The monoisotopic (exact) mass is 875 g/mol. The number of nitrogen functional groups attached to an aromatic ring is 1. The van der Waals surface area contributed by atoms with Crippen molar-refractivity contribution >= 4 is 41.0 Å². The molecule has 6 nitrogen and oxygen atoms in total. The maximum absolute atomic E-state index is 10.7. The van der Waals surface area contributed by atoms with E-state index in [9.17, 15) is 10.2 Å². The molecule has 2 aliphatic rings. The van der Waals surface area contributed by atoms with Gasteiger partial charge in [0.25, 0.3) is 0 Å². The average Bonchev–Trinajstić information content (AvgIpc) is 4.10. The molecular formula is C59H78N4O2. The molecule has 6 heteroatoms.